The largest absolute Gasteiger partial charge is 0.416 e. The molecule has 6 nitrogen and oxygen atoms in total. The molecule has 0 saturated heterocycles. The quantitative estimate of drug-likeness (QED) is 0.621. The fourth-order valence-corrected chi connectivity index (χ4v) is 3.26. The van der Waals surface area contributed by atoms with Crippen LogP contribution in [0.4, 0.5) is 18.9 Å². The number of amides is 1. The fraction of sp³-hybridized carbons (Fsp3) is 0.235. The summed E-state index contributed by atoms with van der Waals surface area (Å²) in [6, 6.07) is 8.88. The van der Waals surface area contributed by atoms with Crippen LogP contribution in [0, 0.1) is 0 Å². The second-order valence-corrected chi connectivity index (χ2v) is 7.23. The lowest BCUT2D eigenvalue weighted by Gasteiger charge is -2.12. The molecule has 0 spiro atoms. The molecule has 0 aliphatic rings. The number of sulfonamides is 1. The Morgan fingerprint density at radius 2 is 1.78 bits per heavy atom. The molecule has 27 heavy (non-hydrogen) atoms. The van der Waals surface area contributed by atoms with E-state index in [1.54, 1.807) is 0 Å². The van der Waals surface area contributed by atoms with Crippen LogP contribution in [-0.2, 0) is 16.2 Å². The van der Waals surface area contributed by atoms with Crippen molar-refractivity contribution in [3.05, 3.63) is 59.7 Å². The lowest BCUT2D eigenvalue weighted by atomic mass is 10.2. The molecular formula is C17H17F3N2O4S. The van der Waals surface area contributed by atoms with Crippen molar-refractivity contribution in [1.29, 1.82) is 0 Å². The summed E-state index contributed by atoms with van der Waals surface area (Å²) in [5, 5.41) is 11.2. The predicted molar refractivity (Wildman–Crippen MR) is 92.7 cm³/mol. The molecule has 0 bridgehead atoms. The van der Waals surface area contributed by atoms with E-state index in [1.807, 2.05) is 0 Å². The molecule has 0 radical (unpaired) electrons. The molecule has 146 valence electrons. The molecule has 0 aromatic heterocycles. The van der Waals surface area contributed by atoms with E-state index in [0.717, 1.165) is 18.2 Å². The topological polar surface area (TPSA) is 95.5 Å². The molecule has 0 atom stereocenters. The van der Waals surface area contributed by atoms with E-state index in [9.17, 15) is 26.4 Å². The van der Waals surface area contributed by atoms with Crippen molar-refractivity contribution in [2.75, 3.05) is 17.9 Å². The van der Waals surface area contributed by atoms with Crippen molar-refractivity contribution in [2.24, 2.45) is 0 Å². The maximum Gasteiger partial charge on any atom is 0.416 e. The molecule has 2 aromatic rings. The summed E-state index contributed by atoms with van der Waals surface area (Å²) in [7, 11) is -4.19. The number of aliphatic hydroxyl groups excluding tert-OH is 1. The highest BCUT2D eigenvalue weighted by atomic mass is 32.2. The van der Waals surface area contributed by atoms with Crippen molar-refractivity contribution in [3.8, 4) is 0 Å². The van der Waals surface area contributed by atoms with Gasteiger partial charge in [0.05, 0.1) is 10.5 Å². The maximum absolute atomic E-state index is 12.8. The number of hydrogen-bond acceptors (Lipinski definition) is 4. The molecule has 2 aromatic carbocycles. The first-order valence-electron chi connectivity index (χ1n) is 7.83. The van der Waals surface area contributed by atoms with Gasteiger partial charge < -0.3 is 10.4 Å². The number of carbonyl (C=O) groups is 1. The van der Waals surface area contributed by atoms with E-state index in [4.69, 9.17) is 5.11 Å². The molecule has 2 rings (SSSR count). The van der Waals surface area contributed by atoms with Gasteiger partial charge in [0.25, 0.3) is 15.9 Å². The Balaban J connectivity index is 2.22. The molecule has 3 N–H and O–H groups in total. The lowest BCUT2D eigenvalue weighted by molar-refractivity contribution is -0.137. The van der Waals surface area contributed by atoms with E-state index in [2.05, 4.69) is 10.0 Å². The first-order valence-corrected chi connectivity index (χ1v) is 9.31. The van der Waals surface area contributed by atoms with E-state index >= 15 is 0 Å². The second-order valence-electron chi connectivity index (χ2n) is 5.54. The SMILES string of the molecule is O=C(NCCCO)c1cccc(S(=O)(=O)Nc2cccc(C(F)(F)F)c2)c1. The van der Waals surface area contributed by atoms with Crippen molar-refractivity contribution >= 4 is 21.6 Å². The summed E-state index contributed by atoms with van der Waals surface area (Å²) >= 11 is 0. The number of hydrogen-bond donors (Lipinski definition) is 3. The van der Waals surface area contributed by atoms with Gasteiger partial charge in [-0.2, -0.15) is 13.2 Å². The number of alkyl halides is 3. The Hall–Kier alpha value is -2.59. The van der Waals surface area contributed by atoms with Gasteiger partial charge in [0.1, 0.15) is 0 Å². The van der Waals surface area contributed by atoms with Gasteiger partial charge in [-0.05, 0) is 42.8 Å². The van der Waals surface area contributed by atoms with Gasteiger partial charge in [0.15, 0.2) is 0 Å². The van der Waals surface area contributed by atoms with Crippen LogP contribution >= 0.6 is 0 Å². The summed E-state index contributed by atoms with van der Waals surface area (Å²) in [6.07, 6.45) is -4.26. The van der Waals surface area contributed by atoms with E-state index in [-0.39, 0.29) is 29.3 Å². The normalized spacial score (nSPS) is 11.9. The minimum atomic E-state index is -4.60. The minimum absolute atomic E-state index is 0.0693. The van der Waals surface area contributed by atoms with Gasteiger partial charge in [-0.1, -0.05) is 12.1 Å². The van der Waals surface area contributed by atoms with Gasteiger partial charge in [-0.15, -0.1) is 0 Å². The number of rotatable bonds is 7. The minimum Gasteiger partial charge on any atom is -0.396 e. The zero-order valence-corrected chi connectivity index (χ0v) is 14.8. The third kappa shape index (κ3) is 5.69. The number of aliphatic hydroxyl groups is 1. The maximum atomic E-state index is 12.8. The van der Waals surface area contributed by atoms with Gasteiger partial charge in [-0.3, -0.25) is 9.52 Å². The lowest BCUT2D eigenvalue weighted by Crippen LogP contribution is -2.25. The van der Waals surface area contributed by atoms with Crippen LogP contribution in [0.3, 0.4) is 0 Å². The van der Waals surface area contributed by atoms with Gasteiger partial charge in [-0.25, -0.2) is 8.42 Å². The molecule has 0 unspecified atom stereocenters. The number of anilines is 1. The average Bonchev–Trinajstić information content (AvgIpc) is 2.61. The van der Waals surface area contributed by atoms with Crippen LogP contribution in [0.25, 0.3) is 0 Å². The highest BCUT2D eigenvalue weighted by Gasteiger charge is 2.30. The Kier molecular flexibility index (Phi) is 6.45. The Bertz CT molecular complexity index is 914. The van der Waals surface area contributed by atoms with Gasteiger partial charge >= 0.3 is 6.18 Å². The predicted octanol–water partition coefficient (Wildman–Crippen LogP) is 2.62. The summed E-state index contributed by atoms with van der Waals surface area (Å²) in [4.78, 5) is 11.7. The summed E-state index contributed by atoms with van der Waals surface area (Å²) in [5.41, 5.74) is -1.16. The van der Waals surface area contributed by atoms with Crippen LogP contribution < -0.4 is 10.0 Å². The van der Waals surface area contributed by atoms with Crippen LogP contribution in [0.5, 0.6) is 0 Å². The molecule has 0 aliphatic heterocycles. The number of halogens is 3. The van der Waals surface area contributed by atoms with Crippen molar-refractivity contribution < 1.29 is 31.5 Å². The van der Waals surface area contributed by atoms with Gasteiger partial charge in [0.2, 0.25) is 0 Å². The molecule has 1 amide bonds. The molecule has 0 fully saturated rings. The van der Waals surface area contributed by atoms with Crippen LogP contribution in [0.2, 0.25) is 0 Å². The third-order valence-corrected chi connectivity index (χ3v) is 4.85. The zero-order chi connectivity index (χ0) is 20.1. The highest BCUT2D eigenvalue weighted by Crippen LogP contribution is 2.31. The molecule has 10 heteroatoms. The van der Waals surface area contributed by atoms with Crippen LogP contribution in [0.15, 0.2) is 53.4 Å². The molecule has 0 aliphatic carbocycles. The molecule has 0 heterocycles. The smallest absolute Gasteiger partial charge is 0.396 e. The Morgan fingerprint density at radius 3 is 2.44 bits per heavy atom. The van der Waals surface area contributed by atoms with E-state index in [1.165, 1.54) is 24.3 Å². The Morgan fingerprint density at radius 1 is 1.07 bits per heavy atom. The first kappa shape index (κ1) is 20.7. The second kappa shape index (κ2) is 8.40. The zero-order valence-electron chi connectivity index (χ0n) is 14.0. The van der Waals surface area contributed by atoms with E-state index < -0.39 is 27.7 Å². The fourth-order valence-electron chi connectivity index (χ4n) is 2.16. The monoisotopic (exact) mass is 402 g/mol. The van der Waals surface area contributed by atoms with Crippen LogP contribution in [-0.4, -0.2) is 32.6 Å². The van der Waals surface area contributed by atoms with Crippen molar-refractivity contribution in [2.45, 2.75) is 17.5 Å². The van der Waals surface area contributed by atoms with Crippen LogP contribution in [0.1, 0.15) is 22.3 Å². The number of carbonyl (C=O) groups excluding carboxylic acids is 1. The average molecular weight is 402 g/mol. The van der Waals surface area contributed by atoms with Gasteiger partial charge in [0, 0.05) is 24.4 Å². The highest BCUT2D eigenvalue weighted by molar-refractivity contribution is 7.92. The Labute approximate surface area is 154 Å². The van der Waals surface area contributed by atoms with E-state index in [0.29, 0.717) is 12.5 Å². The standard InChI is InChI=1S/C17H17F3N2O4S/c18-17(19,20)13-5-2-6-14(11-13)22-27(25,26)15-7-1-4-12(10-15)16(24)21-8-3-9-23/h1-2,4-7,10-11,22-23H,3,8-9H2,(H,21,24). The summed E-state index contributed by atoms with van der Waals surface area (Å²) in [5.74, 6) is -0.528. The molecule has 0 saturated carbocycles. The first-order chi connectivity index (χ1) is 12.6. The summed E-state index contributed by atoms with van der Waals surface area (Å²) in [6.45, 7) is 0.115. The van der Waals surface area contributed by atoms with Crippen molar-refractivity contribution in [1.82, 2.24) is 5.32 Å². The van der Waals surface area contributed by atoms with Crippen molar-refractivity contribution in [3.63, 3.8) is 0 Å². The number of nitrogens with one attached hydrogen (secondary N) is 2. The molecular weight excluding hydrogens is 385 g/mol. The summed E-state index contributed by atoms with van der Waals surface area (Å²) < 4.78 is 65.2. The number of benzene rings is 2. The third-order valence-electron chi connectivity index (χ3n) is 3.47.